The minimum atomic E-state index is 0.265. The van der Waals surface area contributed by atoms with Crippen molar-refractivity contribution in [1.29, 1.82) is 0 Å². The standard InChI is InChI=1S/C15H33NO4/c1-5-7-14(16-3)15(6-2)20-13-12-19-11-10-18-9-8-17-4/h14-16H,5-13H2,1-4H3. The maximum absolute atomic E-state index is 5.89. The van der Waals surface area contributed by atoms with Gasteiger partial charge < -0.3 is 24.3 Å². The van der Waals surface area contributed by atoms with Crippen molar-refractivity contribution >= 4 is 0 Å². The van der Waals surface area contributed by atoms with E-state index in [4.69, 9.17) is 18.9 Å². The summed E-state index contributed by atoms with van der Waals surface area (Å²) in [4.78, 5) is 0. The van der Waals surface area contributed by atoms with Gasteiger partial charge in [-0.05, 0) is 19.9 Å². The highest BCUT2D eigenvalue weighted by molar-refractivity contribution is 4.74. The molecule has 2 unspecified atom stereocenters. The van der Waals surface area contributed by atoms with E-state index in [-0.39, 0.29) is 6.10 Å². The Morgan fingerprint density at radius 1 is 0.900 bits per heavy atom. The first-order chi connectivity index (χ1) is 9.79. The summed E-state index contributed by atoms with van der Waals surface area (Å²) < 4.78 is 21.6. The van der Waals surface area contributed by atoms with Crippen LogP contribution in [0.5, 0.6) is 0 Å². The number of hydrogen-bond donors (Lipinski definition) is 1. The molecule has 0 bridgehead atoms. The maximum atomic E-state index is 5.89. The summed E-state index contributed by atoms with van der Waals surface area (Å²) in [5.74, 6) is 0. The topological polar surface area (TPSA) is 49.0 Å². The molecular formula is C15H33NO4. The van der Waals surface area contributed by atoms with Gasteiger partial charge in [-0.25, -0.2) is 0 Å². The predicted molar refractivity (Wildman–Crippen MR) is 81.3 cm³/mol. The summed E-state index contributed by atoms with van der Waals surface area (Å²) in [6, 6.07) is 0.433. The van der Waals surface area contributed by atoms with Crippen molar-refractivity contribution in [2.45, 2.75) is 45.3 Å². The van der Waals surface area contributed by atoms with Crippen LogP contribution in [0.4, 0.5) is 0 Å². The molecule has 0 aromatic carbocycles. The molecule has 0 aromatic heterocycles. The molecule has 0 fully saturated rings. The highest BCUT2D eigenvalue weighted by Gasteiger charge is 2.17. The number of likely N-dealkylation sites (N-methyl/N-ethyl adjacent to an activating group) is 1. The maximum Gasteiger partial charge on any atom is 0.0726 e. The summed E-state index contributed by atoms with van der Waals surface area (Å²) in [5, 5.41) is 3.34. The molecule has 0 rings (SSSR count). The zero-order valence-electron chi connectivity index (χ0n) is 13.7. The van der Waals surface area contributed by atoms with Crippen LogP contribution in [0.15, 0.2) is 0 Å². The van der Waals surface area contributed by atoms with Gasteiger partial charge in [-0.15, -0.1) is 0 Å². The van der Waals surface area contributed by atoms with Crippen LogP contribution in [0, 0.1) is 0 Å². The van der Waals surface area contributed by atoms with Crippen molar-refractivity contribution in [1.82, 2.24) is 5.32 Å². The Labute approximate surface area is 124 Å². The van der Waals surface area contributed by atoms with E-state index in [2.05, 4.69) is 19.2 Å². The quantitative estimate of drug-likeness (QED) is 0.467. The van der Waals surface area contributed by atoms with Crippen molar-refractivity contribution in [2.24, 2.45) is 0 Å². The highest BCUT2D eigenvalue weighted by atomic mass is 16.6. The molecule has 0 saturated carbocycles. The average Bonchev–Trinajstić information content (AvgIpc) is 2.47. The van der Waals surface area contributed by atoms with Crippen molar-refractivity contribution < 1.29 is 18.9 Å². The molecule has 0 heterocycles. The van der Waals surface area contributed by atoms with Crippen molar-refractivity contribution in [2.75, 3.05) is 53.8 Å². The minimum absolute atomic E-state index is 0.265. The second kappa shape index (κ2) is 15.2. The Morgan fingerprint density at radius 3 is 2.00 bits per heavy atom. The molecule has 122 valence electrons. The molecule has 0 aliphatic heterocycles. The summed E-state index contributed by atoms with van der Waals surface area (Å²) in [5.41, 5.74) is 0. The third-order valence-electron chi connectivity index (χ3n) is 3.19. The minimum Gasteiger partial charge on any atom is -0.382 e. The number of nitrogens with one attached hydrogen (secondary N) is 1. The fraction of sp³-hybridized carbons (Fsp3) is 1.00. The zero-order valence-corrected chi connectivity index (χ0v) is 13.7. The van der Waals surface area contributed by atoms with Gasteiger partial charge in [-0.2, -0.15) is 0 Å². The zero-order chi connectivity index (χ0) is 15.1. The van der Waals surface area contributed by atoms with E-state index >= 15 is 0 Å². The molecule has 0 amide bonds. The summed E-state index contributed by atoms with van der Waals surface area (Å²) >= 11 is 0. The Bertz CT molecular complexity index is 193. The van der Waals surface area contributed by atoms with E-state index < -0.39 is 0 Å². The van der Waals surface area contributed by atoms with Crippen LogP contribution in [0.2, 0.25) is 0 Å². The fourth-order valence-electron chi connectivity index (χ4n) is 2.07. The predicted octanol–water partition coefficient (Wildman–Crippen LogP) is 1.85. The molecule has 0 aliphatic carbocycles. The Hall–Kier alpha value is -0.200. The second-order valence-corrected chi connectivity index (χ2v) is 4.72. The molecule has 0 saturated heterocycles. The van der Waals surface area contributed by atoms with Crippen LogP contribution in [0.25, 0.3) is 0 Å². The Morgan fingerprint density at radius 2 is 1.50 bits per heavy atom. The first-order valence-electron chi connectivity index (χ1n) is 7.73. The number of methoxy groups -OCH3 is 1. The average molecular weight is 291 g/mol. The first kappa shape index (κ1) is 19.8. The van der Waals surface area contributed by atoms with Gasteiger partial charge in [0, 0.05) is 13.2 Å². The lowest BCUT2D eigenvalue weighted by molar-refractivity contribution is -0.0275. The first-order valence-corrected chi connectivity index (χ1v) is 7.73. The summed E-state index contributed by atoms with van der Waals surface area (Å²) in [6.45, 7) is 8.08. The van der Waals surface area contributed by atoms with Gasteiger partial charge >= 0.3 is 0 Å². The van der Waals surface area contributed by atoms with E-state index in [1.165, 1.54) is 6.42 Å². The van der Waals surface area contributed by atoms with E-state index in [0.717, 1.165) is 12.8 Å². The van der Waals surface area contributed by atoms with E-state index in [0.29, 0.717) is 45.7 Å². The van der Waals surface area contributed by atoms with Crippen LogP contribution in [0.3, 0.4) is 0 Å². The Balaban J connectivity index is 3.50. The second-order valence-electron chi connectivity index (χ2n) is 4.72. The molecular weight excluding hydrogens is 258 g/mol. The van der Waals surface area contributed by atoms with E-state index in [9.17, 15) is 0 Å². The highest BCUT2D eigenvalue weighted by Crippen LogP contribution is 2.09. The van der Waals surface area contributed by atoms with Crippen LogP contribution in [0.1, 0.15) is 33.1 Å². The number of hydrogen-bond acceptors (Lipinski definition) is 5. The molecule has 5 heteroatoms. The number of ether oxygens (including phenoxy) is 4. The molecule has 1 N–H and O–H groups in total. The normalized spacial score (nSPS) is 14.4. The smallest absolute Gasteiger partial charge is 0.0726 e. The lowest BCUT2D eigenvalue weighted by atomic mass is 10.0. The van der Waals surface area contributed by atoms with Crippen LogP contribution in [-0.2, 0) is 18.9 Å². The molecule has 0 radical (unpaired) electrons. The largest absolute Gasteiger partial charge is 0.382 e. The van der Waals surface area contributed by atoms with E-state index in [1.807, 2.05) is 7.05 Å². The Kier molecular flexibility index (Phi) is 15.0. The van der Waals surface area contributed by atoms with Crippen LogP contribution >= 0.6 is 0 Å². The molecule has 0 aromatic rings. The van der Waals surface area contributed by atoms with Crippen molar-refractivity contribution in [3.63, 3.8) is 0 Å². The van der Waals surface area contributed by atoms with Crippen LogP contribution < -0.4 is 5.32 Å². The van der Waals surface area contributed by atoms with Gasteiger partial charge in [0.25, 0.3) is 0 Å². The van der Waals surface area contributed by atoms with Crippen molar-refractivity contribution in [3.05, 3.63) is 0 Å². The van der Waals surface area contributed by atoms with Crippen molar-refractivity contribution in [3.8, 4) is 0 Å². The van der Waals surface area contributed by atoms with E-state index in [1.54, 1.807) is 7.11 Å². The van der Waals surface area contributed by atoms with Gasteiger partial charge in [0.05, 0.1) is 45.7 Å². The SMILES string of the molecule is CCCC(NC)C(CC)OCCOCCOCCOC. The van der Waals surface area contributed by atoms with Gasteiger partial charge in [-0.3, -0.25) is 0 Å². The third kappa shape index (κ3) is 10.6. The fourth-order valence-corrected chi connectivity index (χ4v) is 2.07. The third-order valence-corrected chi connectivity index (χ3v) is 3.19. The lowest BCUT2D eigenvalue weighted by Gasteiger charge is -2.25. The van der Waals surface area contributed by atoms with Crippen LogP contribution in [-0.4, -0.2) is 65.9 Å². The molecule has 0 aliphatic rings. The molecule has 20 heavy (non-hydrogen) atoms. The molecule has 5 nitrogen and oxygen atoms in total. The van der Waals surface area contributed by atoms with Gasteiger partial charge in [0.1, 0.15) is 0 Å². The number of rotatable bonds is 15. The lowest BCUT2D eigenvalue weighted by Crippen LogP contribution is -2.39. The van der Waals surface area contributed by atoms with Gasteiger partial charge in [0.15, 0.2) is 0 Å². The van der Waals surface area contributed by atoms with Gasteiger partial charge in [-0.1, -0.05) is 20.3 Å². The summed E-state index contributed by atoms with van der Waals surface area (Å²) in [7, 11) is 3.67. The summed E-state index contributed by atoms with van der Waals surface area (Å²) in [6.07, 6.45) is 3.59. The van der Waals surface area contributed by atoms with Gasteiger partial charge in [0.2, 0.25) is 0 Å². The molecule has 2 atom stereocenters. The molecule has 0 spiro atoms. The monoisotopic (exact) mass is 291 g/mol.